The standard InChI is InChI=1S/C21H22FN3O2S/c1-13(18(26)23-17-11-9-16(22)10-12-17)28-20-25-24-19(27-20)14-5-7-15(8-6-14)21(2,3)4/h5-13H,1-4H3,(H,23,26)/t13-/m0/s1. The van der Waals surface area contributed by atoms with Gasteiger partial charge < -0.3 is 9.73 Å². The number of amides is 1. The van der Waals surface area contributed by atoms with E-state index in [9.17, 15) is 9.18 Å². The molecule has 0 bridgehead atoms. The number of benzene rings is 2. The fourth-order valence-corrected chi connectivity index (χ4v) is 3.15. The first-order chi connectivity index (χ1) is 13.2. The third kappa shape index (κ3) is 4.98. The second kappa shape index (κ2) is 8.14. The fraction of sp³-hybridized carbons (Fsp3) is 0.286. The number of halogens is 1. The molecule has 1 aromatic heterocycles. The molecule has 1 heterocycles. The van der Waals surface area contributed by atoms with Crippen molar-refractivity contribution in [3.8, 4) is 11.5 Å². The SMILES string of the molecule is C[C@H](Sc1nnc(-c2ccc(C(C)(C)C)cc2)o1)C(=O)Nc1ccc(F)cc1. The summed E-state index contributed by atoms with van der Waals surface area (Å²) in [4.78, 5) is 12.3. The van der Waals surface area contributed by atoms with E-state index in [1.807, 2.05) is 24.3 Å². The van der Waals surface area contributed by atoms with Gasteiger partial charge in [0.2, 0.25) is 11.8 Å². The quantitative estimate of drug-likeness (QED) is 0.590. The Morgan fingerprint density at radius 1 is 1.07 bits per heavy atom. The molecule has 1 N–H and O–H groups in total. The molecule has 0 saturated heterocycles. The van der Waals surface area contributed by atoms with Crippen molar-refractivity contribution in [3.63, 3.8) is 0 Å². The minimum absolute atomic E-state index is 0.0711. The third-order valence-electron chi connectivity index (χ3n) is 4.16. The highest BCUT2D eigenvalue weighted by Crippen LogP contribution is 2.29. The highest BCUT2D eigenvalue weighted by molar-refractivity contribution is 8.00. The van der Waals surface area contributed by atoms with Crippen LogP contribution in [0.1, 0.15) is 33.3 Å². The maximum atomic E-state index is 12.9. The monoisotopic (exact) mass is 399 g/mol. The van der Waals surface area contributed by atoms with E-state index < -0.39 is 5.25 Å². The van der Waals surface area contributed by atoms with Crippen LogP contribution in [0.2, 0.25) is 0 Å². The molecule has 0 spiro atoms. The molecule has 3 rings (SSSR count). The highest BCUT2D eigenvalue weighted by Gasteiger charge is 2.19. The van der Waals surface area contributed by atoms with Crippen molar-refractivity contribution in [1.82, 2.24) is 10.2 Å². The summed E-state index contributed by atoms with van der Waals surface area (Å²) in [7, 11) is 0. The number of nitrogens with one attached hydrogen (secondary N) is 1. The van der Waals surface area contributed by atoms with Crippen LogP contribution >= 0.6 is 11.8 Å². The second-order valence-corrected chi connectivity index (χ2v) is 8.75. The van der Waals surface area contributed by atoms with E-state index in [1.54, 1.807) is 6.92 Å². The number of nitrogens with zero attached hydrogens (tertiary/aromatic N) is 2. The van der Waals surface area contributed by atoms with Crippen LogP contribution in [0.5, 0.6) is 0 Å². The number of hydrogen-bond donors (Lipinski definition) is 1. The highest BCUT2D eigenvalue weighted by atomic mass is 32.2. The van der Waals surface area contributed by atoms with Crippen molar-refractivity contribution < 1.29 is 13.6 Å². The molecule has 0 aliphatic carbocycles. The maximum Gasteiger partial charge on any atom is 0.277 e. The summed E-state index contributed by atoms with van der Waals surface area (Å²) < 4.78 is 18.6. The van der Waals surface area contributed by atoms with Crippen LogP contribution in [-0.4, -0.2) is 21.4 Å². The first kappa shape index (κ1) is 20.1. The van der Waals surface area contributed by atoms with E-state index in [1.165, 1.54) is 41.6 Å². The minimum atomic E-state index is -0.457. The average molecular weight is 399 g/mol. The van der Waals surface area contributed by atoms with Gasteiger partial charge in [-0.2, -0.15) is 0 Å². The van der Waals surface area contributed by atoms with Gasteiger partial charge >= 0.3 is 0 Å². The molecular formula is C21H22FN3O2S. The molecule has 0 aliphatic rings. The van der Waals surface area contributed by atoms with E-state index in [0.29, 0.717) is 16.8 Å². The summed E-state index contributed by atoms with van der Waals surface area (Å²) in [5.41, 5.74) is 2.65. The Kier molecular flexibility index (Phi) is 5.84. The van der Waals surface area contributed by atoms with Crippen LogP contribution in [0, 0.1) is 5.82 Å². The van der Waals surface area contributed by atoms with Gasteiger partial charge in [-0.05, 0) is 54.3 Å². The van der Waals surface area contributed by atoms with Gasteiger partial charge in [0.15, 0.2) is 0 Å². The maximum absolute atomic E-state index is 12.9. The lowest BCUT2D eigenvalue weighted by atomic mass is 9.87. The average Bonchev–Trinajstić information content (AvgIpc) is 3.11. The lowest BCUT2D eigenvalue weighted by molar-refractivity contribution is -0.115. The van der Waals surface area contributed by atoms with Crippen LogP contribution in [0.15, 0.2) is 58.2 Å². The third-order valence-corrected chi connectivity index (χ3v) is 5.10. The molecule has 1 atom stereocenters. The van der Waals surface area contributed by atoms with Gasteiger partial charge in [-0.3, -0.25) is 4.79 Å². The molecular weight excluding hydrogens is 377 g/mol. The minimum Gasteiger partial charge on any atom is -0.411 e. The molecule has 28 heavy (non-hydrogen) atoms. The Hall–Kier alpha value is -2.67. The van der Waals surface area contributed by atoms with Gasteiger partial charge in [0.1, 0.15) is 5.82 Å². The molecule has 2 aromatic carbocycles. The van der Waals surface area contributed by atoms with Crippen LogP contribution in [0.3, 0.4) is 0 Å². The Bertz CT molecular complexity index is 947. The van der Waals surface area contributed by atoms with E-state index in [0.717, 1.165) is 5.56 Å². The van der Waals surface area contributed by atoms with E-state index >= 15 is 0 Å². The molecule has 146 valence electrons. The predicted octanol–water partition coefficient (Wildman–Crippen LogP) is 5.29. The van der Waals surface area contributed by atoms with Crippen LogP contribution in [-0.2, 0) is 10.2 Å². The molecule has 0 unspecified atom stereocenters. The first-order valence-corrected chi connectivity index (χ1v) is 9.78. The Morgan fingerprint density at radius 2 is 1.71 bits per heavy atom. The Morgan fingerprint density at radius 3 is 2.32 bits per heavy atom. The lowest BCUT2D eigenvalue weighted by Crippen LogP contribution is -2.22. The fourth-order valence-electron chi connectivity index (χ4n) is 2.47. The molecule has 3 aromatic rings. The summed E-state index contributed by atoms with van der Waals surface area (Å²) in [6, 6.07) is 13.6. The Labute approximate surface area is 167 Å². The number of aromatic nitrogens is 2. The van der Waals surface area contributed by atoms with Crippen molar-refractivity contribution in [2.75, 3.05) is 5.32 Å². The van der Waals surface area contributed by atoms with Gasteiger partial charge in [-0.15, -0.1) is 10.2 Å². The number of thioether (sulfide) groups is 1. The van der Waals surface area contributed by atoms with Crippen LogP contribution in [0.25, 0.3) is 11.5 Å². The molecule has 0 radical (unpaired) electrons. The smallest absolute Gasteiger partial charge is 0.277 e. The molecule has 7 heteroatoms. The van der Waals surface area contributed by atoms with Gasteiger partial charge in [0.05, 0.1) is 5.25 Å². The largest absolute Gasteiger partial charge is 0.411 e. The van der Waals surface area contributed by atoms with Crippen molar-refractivity contribution in [2.24, 2.45) is 0 Å². The lowest BCUT2D eigenvalue weighted by Gasteiger charge is -2.18. The van der Waals surface area contributed by atoms with Crippen LogP contribution in [0.4, 0.5) is 10.1 Å². The number of hydrogen-bond acceptors (Lipinski definition) is 5. The van der Waals surface area contributed by atoms with Crippen molar-refractivity contribution in [3.05, 3.63) is 59.9 Å². The van der Waals surface area contributed by atoms with E-state index in [2.05, 4.69) is 36.3 Å². The molecule has 1 amide bonds. The number of anilines is 1. The van der Waals surface area contributed by atoms with Gasteiger partial charge in [-0.1, -0.05) is 44.7 Å². The van der Waals surface area contributed by atoms with Crippen molar-refractivity contribution >= 4 is 23.4 Å². The summed E-state index contributed by atoms with van der Waals surface area (Å²) >= 11 is 1.17. The summed E-state index contributed by atoms with van der Waals surface area (Å²) in [6.07, 6.45) is 0. The zero-order valence-electron chi connectivity index (χ0n) is 16.2. The summed E-state index contributed by atoms with van der Waals surface area (Å²) in [6.45, 7) is 8.21. The van der Waals surface area contributed by atoms with Crippen molar-refractivity contribution in [1.29, 1.82) is 0 Å². The summed E-state index contributed by atoms with van der Waals surface area (Å²) in [5, 5.41) is 10.7. The van der Waals surface area contributed by atoms with Gasteiger partial charge in [0, 0.05) is 11.3 Å². The number of carbonyl (C=O) groups excluding carboxylic acids is 1. The van der Waals surface area contributed by atoms with E-state index in [4.69, 9.17) is 4.42 Å². The predicted molar refractivity (Wildman–Crippen MR) is 109 cm³/mol. The molecule has 5 nitrogen and oxygen atoms in total. The molecule has 0 saturated carbocycles. The van der Waals surface area contributed by atoms with Crippen LogP contribution < -0.4 is 5.32 Å². The first-order valence-electron chi connectivity index (χ1n) is 8.90. The Balaban J connectivity index is 1.63. The number of carbonyl (C=O) groups is 1. The van der Waals surface area contributed by atoms with Gasteiger partial charge in [0.25, 0.3) is 5.22 Å². The van der Waals surface area contributed by atoms with Gasteiger partial charge in [-0.25, -0.2) is 4.39 Å². The van der Waals surface area contributed by atoms with Crippen molar-refractivity contribution in [2.45, 2.75) is 43.6 Å². The van der Waals surface area contributed by atoms with E-state index in [-0.39, 0.29) is 17.1 Å². The second-order valence-electron chi connectivity index (χ2n) is 7.46. The molecule has 0 fully saturated rings. The normalized spacial score (nSPS) is 12.6. The summed E-state index contributed by atoms with van der Waals surface area (Å²) in [5.74, 6) is -0.172. The molecule has 0 aliphatic heterocycles. The topological polar surface area (TPSA) is 68.0 Å². The zero-order chi connectivity index (χ0) is 20.3. The number of rotatable bonds is 5. The zero-order valence-corrected chi connectivity index (χ0v) is 17.0.